The van der Waals surface area contributed by atoms with E-state index in [9.17, 15) is 4.79 Å². The van der Waals surface area contributed by atoms with E-state index < -0.39 is 0 Å². The van der Waals surface area contributed by atoms with Gasteiger partial charge >= 0.3 is 0 Å². The maximum Gasteiger partial charge on any atom is 0.291 e. The summed E-state index contributed by atoms with van der Waals surface area (Å²) in [4.78, 5) is 23.8. The third kappa shape index (κ3) is 2.30. The molecule has 0 N–H and O–H groups in total. The number of piperazine rings is 1. The molecule has 1 aliphatic heterocycles. The molecule has 1 saturated heterocycles. The molecular formula is C10H14N4O. The fourth-order valence-corrected chi connectivity index (χ4v) is 1.56. The number of likely N-dealkylation sites (N-methyl/N-ethyl adjacent to an activating group) is 1. The molecule has 1 aromatic rings. The van der Waals surface area contributed by atoms with Gasteiger partial charge in [0.05, 0.1) is 0 Å². The van der Waals surface area contributed by atoms with Gasteiger partial charge in [-0.25, -0.2) is 9.97 Å². The van der Waals surface area contributed by atoms with E-state index in [0.717, 1.165) is 26.2 Å². The number of aromatic nitrogens is 2. The van der Waals surface area contributed by atoms with E-state index in [1.807, 2.05) is 0 Å². The third-order valence-corrected chi connectivity index (χ3v) is 2.55. The van der Waals surface area contributed by atoms with Crippen LogP contribution >= 0.6 is 0 Å². The lowest BCUT2D eigenvalue weighted by atomic mass is 10.3. The van der Waals surface area contributed by atoms with Crippen molar-refractivity contribution in [1.29, 1.82) is 0 Å². The number of nitrogens with zero attached hydrogens (tertiary/aromatic N) is 4. The van der Waals surface area contributed by atoms with Gasteiger partial charge in [-0.05, 0) is 13.1 Å². The zero-order valence-electron chi connectivity index (χ0n) is 8.76. The lowest BCUT2D eigenvalue weighted by molar-refractivity contribution is 0.0652. The monoisotopic (exact) mass is 206 g/mol. The van der Waals surface area contributed by atoms with E-state index in [-0.39, 0.29) is 5.91 Å². The van der Waals surface area contributed by atoms with Crippen LogP contribution in [0.25, 0.3) is 0 Å². The molecule has 1 amide bonds. The summed E-state index contributed by atoms with van der Waals surface area (Å²) in [6.07, 6.45) is 3.19. The van der Waals surface area contributed by atoms with Crippen LogP contribution in [0.1, 0.15) is 10.6 Å². The predicted octanol–water partition coefficient (Wildman–Crippen LogP) is -0.136. The number of rotatable bonds is 1. The van der Waals surface area contributed by atoms with Gasteiger partial charge in [-0.3, -0.25) is 4.79 Å². The van der Waals surface area contributed by atoms with E-state index >= 15 is 0 Å². The molecule has 0 aliphatic carbocycles. The quantitative estimate of drug-likeness (QED) is 0.642. The van der Waals surface area contributed by atoms with E-state index in [1.54, 1.807) is 23.4 Å². The van der Waals surface area contributed by atoms with Crippen LogP contribution < -0.4 is 0 Å². The van der Waals surface area contributed by atoms with Crippen molar-refractivity contribution >= 4 is 5.91 Å². The minimum atomic E-state index is -0.0660. The minimum Gasteiger partial charge on any atom is -0.333 e. The van der Waals surface area contributed by atoms with Crippen LogP contribution in [0, 0.1) is 0 Å². The fourth-order valence-electron chi connectivity index (χ4n) is 1.56. The largest absolute Gasteiger partial charge is 0.333 e. The SMILES string of the molecule is CN1CCN(C(=O)c2ncccn2)CC1. The first-order chi connectivity index (χ1) is 7.27. The van der Waals surface area contributed by atoms with Crippen molar-refractivity contribution in [2.24, 2.45) is 0 Å². The third-order valence-electron chi connectivity index (χ3n) is 2.55. The number of hydrogen-bond acceptors (Lipinski definition) is 4. The number of carbonyl (C=O) groups is 1. The molecule has 0 unspecified atom stereocenters. The highest BCUT2D eigenvalue weighted by molar-refractivity contribution is 5.90. The van der Waals surface area contributed by atoms with Gasteiger partial charge in [-0.1, -0.05) is 0 Å². The summed E-state index contributed by atoms with van der Waals surface area (Å²) >= 11 is 0. The van der Waals surface area contributed by atoms with Gasteiger partial charge in [0.15, 0.2) is 0 Å². The van der Waals surface area contributed by atoms with Gasteiger partial charge in [0.2, 0.25) is 5.82 Å². The van der Waals surface area contributed by atoms with Crippen LogP contribution in [0.4, 0.5) is 0 Å². The Kier molecular flexibility index (Phi) is 2.91. The summed E-state index contributed by atoms with van der Waals surface area (Å²) in [5.74, 6) is 0.228. The average molecular weight is 206 g/mol. The normalized spacial score (nSPS) is 17.8. The second-order valence-corrected chi connectivity index (χ2v) is 3.67. The molecule has 1 aliphatic rings. The maximum absolute atomic E-state index is 11.9. The first kappa shape index (κ1) is 10.0. The van der Waals surface area contributed by atoms with Crippen LogP contribution in [-0.4, -0.2) is 58.9 Å². The van der Waals surface area contributed by atoms with E-state index in [1.165, 1.54) is 0 Å². The molecule has 80 valence electrons. The molecule has 0 spiro atoms. The summed E-state index contributed by atoms with van der Waals surface area (Å²) in [5.41, 5.74) is 0. The van der Waals surface area contributed by atoms with Crippen molar-refractivity contribution in [3.8, 4) is 0 Å². The molecule has 15 heavy (non-hydrogen) atoms. The van der Waals surface area contributed by atoms with Crippen molar-refractivity contribution in [1.82, 2.24) is 19.8 Å². The molecule has 0 radical (unpaired) electrons. The molecule has 0 atom stereocenters. The summed E-state index contributed by atoms with van der Waals surface area (Å²) in [6.45, 7) is 3.35. The minimum absolute atomic E-state index is 0.0660. The van der Waals surface area contributed by atoms with Gasteiger partial charge in [-0.2, -0.15) is 0 Å². The molecule has 5 heteroatoms. The Hall–Kier alpha value is -1.49. The maximum atomic E-state index is 11.9. The van der Waals surface area contributed by atoms with E-state index in [0.29, 0.717) is 5.82 Å². The van der Waals surface area contributed by atoms with Gasteiger partial charge in [0.25, 0.3) is 5.91 Å². The van der Waals surface area contributed by atoms with Gasteiger partial charge < -0.3 is 9.80 Å². The average Bonchev–Trinajstić information content (AvgIpc) is 2.30. The molecule has 2 heterocycles. The van der Waals surface area contributed by atoms with Crippen LogP contribution in [-0.2, 0) is 0 Å². The van der Waals surface area contributed by atoms with Gasteiger partial charge in [0.1, 0.15) is 0 Å². The topological polar surface area (TPSA) is 49.3 Å². The van der Waals surface area contributed by atoms with Crippen molar-refractivity contribution in [2.75, 3.05) is 33.2 Å². The van der Waals surface area contributed by atoms with Crippen LogP contribution in [0.15, 0.2) is 18.5 Å². The second-order valence-electron chi connectivity index (χ2n) is 3.67. The fraction of sp³-hybridized carbons (Fsp3) is 0.500. The summed E-state index contributed by atoms with van der Waals surface area (Å²) in [6, 6.07) is 1.71. The molecular weight excluding hydrogens is 192 g/mol. The summed E-state index contributed by atoms with van der Waals surface area (Å²) in [7, 11) is 2.06. The summed E-state index contributed by atoms with van der Waals surface area (Å²) < 4.78 is 0. The first-order valence-electron chi connectivity index (χ1n) is 5.02. The van der Waals surface area contributed by atoms with Crippen molar-refractivity contribution < 1.29 is 4.79 Å². The van der Waals surface area contributed by atoms with Crippen LogP contribution in [0.2, 0.25) is 0 Å². The zero-order valence-corrected chi connectivity index (χ0v) is 8.76. The predicted molar refractivity (Wildman–Crippen MR) is 55.4 cm³/mol. The van der Waals surface area contributed by atoms with E-state index in [4.69, 9.17) is 0 Å². The standard InChI is InChI=1S/C10H14N4O/c1-13-5-7-14(8-6-13)10(15)9-11-3-2-4-12-9/h2-4H,5-8H2,1H3. The Balaban J connectivity index is 2.03. The van der Waals surface area contributed by atoms with Crippen LogP contribution in [0.5, 0.6) is 0 Å². The lowest BCUT2D eigenvalue weighted by Gasteiger charge is -2.31. The van der Waals surface area contributed by atoms with Crippen LogP contribution in [0.3, 0.4) is 0 Å². The second kappa shape index (κ2) is 4.35. The number of carbonyl (C=O) groups excluding carboxylic acids is 1. The molecule has 2 rings (SSSR count). The number of amides is 1. The molecule has 0 aromatic carbocycles. The Morgan fingerprint density at radius 3 is 2.40 bits per heavy atom. The van der Waals surface area contributed by atoms with E-state index in [2.05, 4.69) is 21.9 Å². The lowest BCUT2D eigenvalue weighted by Crippen LogP contribution is -2.47. The zero-order chi connectivity index (χ0) is 10.7. The van der Waals surface area contributed by atoms with Gasteiger partial charge in [-0.15, -0.1) is 0 Å². The van der Waals surface area contributed by atoms with Crippen molar-refractivity contribution in [2.45, 2.75) is 0 Å². The smallest absolute Gasteiger partial charge is 0.291 e. The number of hydrogen-bond donors (Lipinski definition) is 0. The first-order valence-corrected chi connectivity index (χ1v) is 5.02. The molecule has 1 fully saturated rings. The Morgan fingerprint density at radius 2 is 1.80 bits per heavy atom. The van der Waals surface area contributed by atoms with Gasteiger partial charge in [0, 0.05) is 38.6 Å². The Morgan fingerprint density at radius 1 is 1.20 bits per heavy atom. The van der Waals surface area contributed by atoms with Crippen molar-refractivity contribution in [3.05, 3.63) is 24.3 Å². The highest BCUT2D eigenvalue weighted by Gasteiger charge is 2.21. The molecule has 1 aromatic heterocycles. The Bertz CT molecular complexity index is 333. The molecule has 0 bridgehead atoms. The molecule has 0 saturated carbocycles. The highest BCUT2D eigenvalue weighted by atomic mass is 16.2. The Labute approximate surface area is 88.7 Å². The highest BCUT2D eigenvalue weighted by Crippen LogP contribution is 2.03. The summed E-state index contributed by atoms with van der Waals surface area (Å²) in [5, 5.41) is 0. The molecule has 5 nitrogen and oxygen atoms in total. The van der Waals surface area contributed by atoms with Crippen molar-refractivity contribution in [3.63, 3.8) is 0 Å².